The summed E-state index contributed by atoms with van der Waals surface area (Å²) in [6.07, 6.45) is 0.715. The van der Waals surface area contributed by atoms with Gasteiger partial charge in [-0.1, -0.05) is 20.8 Å². The number of halogens is 1. The first-order valence-corrected chi connectivity index (χ1v) is 10.8. The average Bonchev–Trinajstić information content (AvgIpc) is 3.08. The molecule has 2 heterocycles. The Morgan fingerprint density at radius 2 is 1.58 bits per heavy atom. The summed E-state index contributed by atoms with van der Waals surface area (Å²) in [5, 5.41) is 0.824. The number of carbonyl (C=O) groups is 1. The summed E-state index contributed by atoms with van der Waals surface area (Å²) in [7, 11) is 0. The highest BCUT2D eigenvalue weighted by Gasteiger charge is 2.50. The van der Waals surface area contributed by atoms with Gasteiger partial charge in [-0.15, -0.1) is 0 Å². The van der Waals surface area contributed by atoms with Gasteiger partial charge in [0, 0.05) is 28.7 Å². The number of hydrogen-bond acceptors (Lipinski definition) is 3. The Morgan fingerprint density at radius 3 is 2.23 bits per heavy atom. The molecule has 0 saturated carbocycles. The van der Waals surface area contributed by atoms with E-state index in [1.807, 2.05) is 27.7 Å². The molecular weight excluding hydrogens is 389 g/mol. The second-order valence-corrected chi connectivity index (χ2v) is 11.2. The van der Waals surface area contributed by atoms with Gasteiger partial charge in [0.05, 0.1) is 16.6 Å². The highest BCUT2D eigenvalue weighted by Crippen LogP contribution is 2.48. The van der Waals surface area contributed by atoms with Gasteiger partial charge in [0.1, 0.15) is 17.3 Å². The number of carbonyl (C=O) groups excluding carboxylic acids is 1. The second-order valence-electron chi connectivity index (χ2n) is 11.2. The van der Waals surface area contributed by atoms with Crippen LogP contribution in [0.4, 0.5) is 4.39 Å². The monoisotopic (exact) mass is 417 g/mol. The number of nitrogens with zero attached hydrogens (tertiary/aromatic N) is 3. The van der Waals surface area contributed by atoms with Gasteiger partial charge in [0.25, 0.3) is 0 Å². The zero-order chi connectivity index (χ0) is 22.5. The zero-order valence-corrected chi connectivity index (χ0v) is 19.2. The maximum absolute atomic E-state index is 14.0. The fourth-order valence-corrected chi connectivity index (χ4v) is 5.19. The Balaban J connectivity index is 1.94. The van der Waals surface area contributed by atoms with Crippen molar-refractivity contribution >= 4 is 33.4 Å². The molecule has 0 N–H and O–H groups in total. The van der Waals surface area contributed by atoms with E-state index in [4.69, 9.17) is 9.97 Å². The molecule has 2 aromatic heterocycles. The SMILES string of the molecule is CC(C)(C)Cc1nc2cc(F)ccc2c2nc3cc4c(cc3n12)C(C)(C)C(=O)C4(C)C. The van der Waals surface area contributed by atoms with E-state index in [2.05, 4.69) is 37.3 Å². The van der Waals surface area contributed by atoms with Gasteiger partial charge in [-0.2, -0.15) is 0 Å². The maximum atomic E-state index is 14.0. The van der Waals surface area contributed by atoms with Gasteiger partial charge < -0.3 is 0 Å². The summed E-state index contributed by atoms with van der Waals surface area (Å²) in [5.41, 5.74) is 4.16. The lowest BCUT2D eigenvalue weighted by molar-refractivity contribution is -0.126. The zero-order valence-electron chi connectivity index (χ0n) is 19.2. The summed E-state index contributed by atoms with van der Waals surface area (Å²) in [4.78, 5) is 23.0. The van der Waals surface area contributed by atoms with Crippen molar-refractivity contribution < 1.29 is 9.18 Å². The van der Waals surface area contributed by atoms with Crippen LogP contribution in [0.1, 0.15) is 65.4 Å². The van der Waals surface area contributed by atoms with Crippen molar-refractivity contribution in [2.75, 3.05) is 0 Å². The van der Waals surface area contributed by atoms with Crippen molar-refractivity contribution in [2.45, 2.75) is 65.7 Å². The smallest absolute Gasteiger partial charge is 0.152 e. The highest BCUT2D eigenvalue weighted by molar-refractivity contribution is 6.05. The van der Waals surface area contributed by atoms with Crippen molar-refractivity contribution in [2.24, 2.45) is 5.41 Å². The molecular formula is C26H28FN3O. The number of imidazole rings is 1. The van der Waals surface area contributed by atoms with E-state index in [1.165, 1.54) is 12.1 Å². The van der Waals surface area contributed by atoms with Crippen LogP contribution in [0.15, 0.2) is 30.3 Å². The van der Waals surface area contributed by atoms with Crippen molar-refractivity contribution in [3.63, 3.8) is 0 Å². The van der Waals surface area contributed by atoms with Crippen LogP contribution in [0, 0.1) is 11.2 Å². The van der Waals surface area contributed by atoms with Crippen molar-refractivity contribution in [1.29, 1.82) is 0 Å². The normalized spacial score (nSPS) is 17.7. The minimum Gasteiger partial charge on any atom is -0.298 e. The molecule has 0 saturated heterocycles. The molecule has 160 valence electrons. The first-order chi connectivity index (χ1) is 14.3. The Labute approximate surface area is 181 Å². The van der Waals surface area contributed by atoms with E-state index in [9.17, 15) is 9.18 Å². The third-order valence-corrected chi connectivity index (χ3v) is 6.67. The number of rotatable bonds is 1. The predicted octanol–water partition coefficient (Wildman–Crippen LogP) is 5.90. The molecule has 2 aromatic carbocycles. The van der Waals surface area contributed by atoms with Crippen LogP contribution in [-0.4, -0.2) is 20.2 Å². The van der Waals surface area contributed by atoms with Crippen LogP contribution in [0.25, 0.3) is 27.6 Å². The van der Waals surface area contributed by atoms with Crippen LogP contribution in [0.5, 0.6) is 0 Å². The standard InChI is InChI=1S/C26H28FN3O/c1-24(2,3)13-21-28-18-10-14(27)8-9-15(18)22-29-19-11-16-17(12-20(19)30(21)22)26(6,7)23(31)25(16,4)5/h8-12H,13H2,1-7H3. The number of benzene rings is 2. The average molecular weight is 418 g/mol. The second kappa shape index (κ2) is 5.90. The number of hydrogen-bond donors (Lipinski definition) is 0. The van der Waals surface area contributed by atoms with E-state index in [0.717, 1.165) is 39.0 Å². The molecule has 0 atom stereocenters. The Morgan fingerprint density at radius 1 is 0.935 bits per heavy atom. The molecule has 1 aliphatic rings. The maximum Gasteiger partial charge on any atom is 0.152 e. The van der Waals surface area contributed by atoms with Gasteiger partial charge in [-0.25, -0.2) is 14.4 Å². The minimum absolute atomic E-state index is 0.00845. The van der Waals surface area contributed by atoms with Crippen molar-refractivity contribution in [3.8, 4) is 0 Å². The summed E-state index contributed by atoms with van der Waals surface area (Å²) >= 11 is 0. The summed E-state index contributed by atoms with van der Waals surface area (Å²) in [6.45, 7) is 14.5. The number of aromatic nitrogens is 3. The molecule has 0 spiro atoms. The third kappa shape index (κ3) is 2.75. The Kier molecular flexibility index (Phi) is 3.83. The largest absolute Gasteiger partial charge is 0.298 e. The quantitative estimate of drug-likeness (QED) is 0.387. The molecule has 31 heavy (non-hydrogen) atoms. The van der Waals surface area contributed by atoms with Crippen LogP contribution in [0.3, 0.4) is 0 Å². The summed E-state index contributed by atoms with van der Waals surface area (Å²) in [6, 6.07) is 8.88. The van der Waals surface area contributed by atoms with Gasteiger partial charge in [-0.05, 0) is 68.5 Å². The molecule has 0 aliphatic heterocycles. The number of Topliss-reactive ketones (excluding diaryl/α,β-unsaturated/α-hetero) is 1. The lowest BCUT2D eigenvalue weighted by Crippen LogP contribution is -2.33. The molecule has 5 heteroatoms. The summed E-state index contributed by atoms with van der Waals surface area (Å²) < 4.78 is 16.1. The fraction of sp³-hybridized carbons (Fsp3) is 0.423. The van der Waals surface area contributed by atoms with Crippen LogP contribution in [0.2, 0.25) is 0 Å². The topological polar surface area (TPSA) is 47.3 Å². The first-order valence-electron chi connectivity index (χ1n) is 10.8. The molecule has 4 aromatic rings. The molecule has 0 unspecified atom stereocenters. The van der Waals surface area contributed by atoms with E-state index >= 15 is 0 Å². The molecule has 1 aliphatic carbocycles. The van der Waals surface area contributed by atoms with Crippen molar-refractivity contribution in [1.82, 2.24) is 14.4 Å². The van der Waals surface area contributed by atoms with Gasteiger partial charge >= 0.3 is 0 Å². The van der Waals surface area contributed by atoms with E-state index in [0.29, 0.717) is 11.9 Å². The van der Waals surface area contributed by atoms with E-state index < -0.39 is 10.8 Å². The van der Waals surface area contributed by atoms with E-state index in [-0.39, 0.29) is 17.0 Å². The molecule has 0 radical (unpaired) electrons. The number of fused-ring (bicyclic) bond motifs is 6. The third-order valence-electron chi connectivity index (χ3n) is 6.67. The van der Waals surface area contributed by atoms with Crippen LogP contribution in [-0.2, 0) is 22.0 Å². The lowest BCUT2D eigenvalue weighted by Gasteiger charge is -2.21. The summed E-state index contributed by atoms with van der Waals surface area (Å²) in [5.74, 6) is 0.776. The molecule has 5 rings (SSSR count). The number of ketones is 1. The first kappa shape index (κ1) is 20.1. The van der Waals surface area contributed by atoms with E-state index in [1.54, 1.807) is 6.07 Å². The molecule has 0 amide bonds. The van der Waals surface area contributed by atoms with Crippen molar-refractivity contribution in [3.05, 3.63) is 53.1 Å². The van der Waals surface area contributed by atoms with Gasteiger partial charge in [0.2, 0.25) is 0 Å². The van der Waals surface area contributed by atoms with Crippen LogP contribution >= 0.6 is 0 Å². The Bertz CT molecular complexity index is 1420. The van der Waals surface area contributed by atoms with Gasteiger partial charge in [-0.3, -0.25) is 9.20 Å². The predicted molar refractivity (Wildman–Crippen MR) is 122 cm³/mol. The molecule has 0 fully saturated rings. The Hall–Kier alpha value is -2.82. The lowest BCUT2D eigenvalue weighted by atomic mass is 9.80. The molecule has 0 bridgehead atoms. The highest BCUT2D eigenvalue weighted by atomic mass is 19.1. The van der Waals surface area contributed by atoms with Crippen LogP contribution < -0.4 is 0 Å². The minimum atomic E-state index is -0.561. The van der Waals surface area contributed by atoms with Gasteiger partial charge in [0.15, 0.2) is 5.78 Å². The fourth-order valence-electron chi connectivity index (χ4n) is 5.19. The molecule has 4 nitrogen and oxygen atoms in total.